The molecular formula is C18H18FNOS. The second-order valence-electron chi connectivity index (χ2n) is 5.42. The number of hydrogen-bond donors (Lipinski definition) is 1. The van der Waals surface area contributed by atoms with E-state index >= 15 is 0 Å². The third-order valence-corrected chi connectivity index (χ3v) is 4.95. The van der Waals surface area contributed by atoms with Crippen molar-refractivity contribution in [2.45, 2.75) is 30.2 Å². The van der Waals surface area contributed by atoms with Crippen LogP contribution in [0.3, 0.4) is 0 Å². The van der Waals surface area contributed by atoms with Gasteiger partial charge in [-0.25, -0.2) is 4.39 Å². The number of halogens is 1. The highest BCUT2D eigenvalue weighted by Gasteiger charge is 2.21. The van der Waals surface area contributed by atoms with Gasteiger partial charge in [-0.15, -0.1) is 11.8 Å². The van der Waals surface area contributed by atoms with Gasteiger partial charge in [-0.05, 0) is 42.2 Å². The summed E-state index contributed by atoms with van der Waals surface area (Å²) >= 11 is 1.84. The molecule has 0 aromatic heterocycles. The van der Waals surface area contributed by atoms with Crippen molar-refractivity contribution in [3.63, 3.8) is 0 Å². The summed E-state index contributed by atoms with van der Waals surface area (Å²) < 4.78 is 13.1. The Hall–Kier alpha value is -1.81. The molecule has 2 aromatic carbocycles. The fourth-order valence-corrected chi connectivity index (χ4v) is 3.83. The number of hydrogen-bond acceptors (Lipinski definition) is 2. The summed E-state index contributed by atoms with van der Waals surface area (Å²) in [4.78, 5) is 13.4. The average Bonchev–Trinajstić information content (AvgIpc) is 2.53. The van der Waals surface area contributed by atoms with Crippen LogP contribution in [0.15, 0.2) is 53.4 Å². The molecule has 1 aliphatic heterocycles. The van der Waals surface area contributed by atoms with E-state index in [0.717, 1.165) is 17.7 Å². The van der Waals surface area contributed by atoms with Gasteiger partial charge in [0.15, 0.2) is 0 Å². The van der Waals surface area contributed by atoms with Gasteiger partial charge in [0.1, 0.15) is 5.82 Å². The Labute approximate surface area is 134 Å². The van der Waals surface area contributed by atoms with E-state index < -0.39 is 0 Å². The first-order valence-electron chi connectivity index (χ1n) is 7.48. The van der Waals surface area contributed by atoms with Crippen LogP contribution in [0.1, 0.15) is 30.0 Å². The van der Waals surface area contributed by atoms with E-state index in [9.17, 15) is 9.18 Å². The molecule has 0 radical (unpaired) electrons. The lowest BCUT2D eigenvalue weighted by molar-refractivity contribution is -0.121. The molecular weight excluding hydrogens is 297 g/mol. The summed E-state index contributed by atoms with van der Waals surface area (Å²) in [6, 6.07) is 14.7. The number of benzene rings is 2. The summed E-state index contributed by atoms with van der Waals surface area (Å²) in [5.41, 5.74) is 2.06. The van der Waals surface area contributed by atoms with Crippen LogP contribution in [0.2, 0.25) is 0 Å². The van der Waals surface area contributed by atoms with E-state index in [1.54, 1.807) is 6.07 Å². The van der Waals surface area contributed by atoms with Crippen molar-refractivity contribution < 1.29 is 9.18 Å². The first-order valence-corrected chi connectivity index (χ1v) is 8.46. The standard InChI is InChI=1S/C18H18FNOS/c19-14-5-3-4-13(12-14)8-9-18(21)20-16-10-11-22-17-7-2-1-6-15(16)17/h1-7,12,16H,8-11H2,(H,20,21). The summed E-state index contributed by atoms with van der Waals surface area (Å²) in [6.07, 6.45) is 1.90. The van der Waals surface area contributed by atoms with Crippen molar-refractivity contribution in [3.8, 4) is 0 Å². The summed E-state index contributed by atoms with van der Waals surface area (Å²) in [5.74, 6) is 0.790. The Bertz CT molecular complexity index is 674. The number of rotatable bonds is 4. The number of aryl methyl sites for hydroxylation is 1. The zero-order valence-electron chi connectivity index (χ0n) is 12.2. The highest BCUT2D eigenvalue weighted by molar-refractivity contribution is 7.99. The third-order valence-electron chi connectivity index (χ3n) is 3.82. The molecule has 2 nitrogen and oxygen atoms in total. The van der Waals surface area contributed by atoms with Gasteiger partial charge in [-0.2, -0.15) is 0 Å². The van der Waals surface area contributed by atoms with E-state index in [2.05, 4.69) is 17.4 Å². The Morgan fingerprint density at radius 1 is 1.23 bits per heavy atom. The molecule has 0 spiro atoms. The van der Waals surface area contributed by atoms with Crippen LogP contribution in [-0.4, -0.2) is 11.7 Å². The molecule has 0 bridgehead atoms. The van der Waals surface area contributed by atoms with Crippen molar-refractivity contribution >= 4 is 17.7 Å². The predicted molar refractivity (Wildman–Crippen MR) is 87.4 cm³/mol. The molecule has 0 fully saturated rings. The maximum absolute atomic E-state index is 13.1. The van der Waals surface area contributed by atoms with E-state index in [-0.39, 0.29) is 17.8 Å². The average molecular weight is 315 g/mol. The monoisotopic (exact) mass is 315 g/mol. The molecule has 3 rings (SSSR count). The quantitative estimate of drug-likeness (QED) is 0.920. The Balaban J connectivity index is 1.59. The van der Waals surface area contributed by atoms with Gasteiger partial charge in [-0.3, -0.25) is 4.79 Å². The molecule has 1 amide bonds. The highest BCUT2D eigenvalue weighted by Crippen LogP contribution is 2.35. The van der Waals surface area contributed by atoms with Crippen molar-refractivity contribution in [1.82, 2.24) is 5.32 Å². The first kappa shape index (κ1) is 15.1. The van der Waals surface area contributed by atoms with E-state index in [1.807, 2.05) is 30.0 Å². The summed E-state index contributed by atoms with van der Waals surface area (Å²) in [6.45, 7) is 0. The molecule has 0 saturated heterocycles. The Morgan fingerprint density at radius 3 is 2.95 bits per heavy atom. The van der Waals surface area contributed by atoms with Crippen molar-refractivity contribution in [1.29, 1.82) is 0 Å². The molecule has 1 atom stereocenters. The molecule has 0 aliphatic carbocycles. The fourth-order valence-electron chi connectivity index (χ4n) is 2.71. The summed E-state index contributed by atoms with van der Waals surface area (Å²) in [7, 11) is 0. The highest BCUT2D eigenvalue weighted by atomic mass is 32.2. The van der Waals surface area contributed by atoms with Crippen LogP contribution < -0.4 is 5.32 Å². The minimum Gasteiger partial charge on any atom is -0.349 e. The second-order valence-corrected chi connectivity index (χ2v) is 6.56. The van der Waals surface area contributed by atoms with Gasteiger partial charge in [0.2, 0.25) is 5.91 Å². The van der Waals surface area contributed by atoms with Crippen LogP contribution in [0, 0.1) is 5.82 Å². The number of fused-ring (bicyclic) bond motifs is 1. The maximum Gasteiger partial charge on any atom is 0.220 e. The maximum atomic E-state index is 13.1. The van der Waals surface area contributed by atoms with E-state index in [1.165, 1.54) is 22.6 Å². The number of amides is 1. The van der Waals surface area contributed by atoms with E-state index in [0.29, 0.717) is 12.8 Å². The first-order chi connectivity index (χ1) is 10.7. The summed E-state index contributed by atoms with van der Waals surface area (Å²) in [5, 5.41) is 3.11. The van der Waals surface area contributed by atoms with Gasteiger partial charge in [-0.1, -0.05) is 30.3 Å². The smallest absolute Gasteiger partial charge is 0.220 e. The minimum atomic E-state index is -0.254. The number of carbonyl (C=O) groups excluding carboxylic acids is 1. The fraction of sp³-hybridized carbons (Fsp3) is 0.278. The van der Waals surface area contributed by atoms with Crippen LogP contribution in [0.5, 0.6) is 0 Å². The van der Waals surface area contributed by atoms with Crippen LogP contribution >= 0.6 is 11.8 Å². The largest absolute Gasteiger partial charge is 0.349 e. The molecule has 2 aromatic rings. The molecule has 1 aliphatic rings. The predicted octanol–water partition coefficient (Wildman–Crippen LogP) is 4.11. The molecule has 0 saturated carbocycles. The molecule has 1 heterocycles. The van der Waals surface area contributed by atoms with Crippen molar-refractivity contribution in [2.24, 2.45) is 0 Å². The zero-order valence-corrected chi connectivity index (χ0v) is 13.0. The molecule has 22 heavy (non-hydrogen) atoms. The lowest BCUT2D eigenvalue weighted by Gasteiger charge is -2.25. The Kier molecular flexibility index (Phi) is 4.78. The van der Waals surface area contributed by atoms with Crippen LogP contribution in [0.4, 0.5) is 4.39 Å². The third kappa shape index (κ3) is 3.69. The van der Waals surface area contributed by atoms with Gasteiger partial charge in [0.05, 0.1) is 6.04 Å². The molecule has 1 unspecified atom stereocenters. The van der Waals surface area contributed by atoms with Gasteiger partial charge >= 0.3 is 0 Å². The van der Waals surface area contributed by atoms with Crippen LogP contribution in [-0.2, 0) is 11.2 Å². The Morgan fingerprint density at radius 2 is 2.09 bits per heavy atom. The zero-order chi connectivity index (χ0) is 15.4. The van der Waals surface area contributed by atoms with E-state index in [4.69, 9.17) is 0 Å². The van der Waals surface area contributed by atoms with Gasteiger partial charge in [0.25, 0.3) is 0 Å². The number of thioether (sulfide) groups is 1. The molecule has 114 valence electrons. The van der Waals surface area contributed by atoms with Crippen molar-refractivity contribution in [3.05, 3.63) is 65.5 Å². The van der Waals surface area contributed by atoms with Crippen molar-refractivity contribution in [2.75, 3.05) is 5.75 Å². The lowest BCUT2D eigenvalue weighted by atomic mass is 10.0. The SMILES string of the molecule is O=C(CCc1cccc(F)c1)NC1CCSc2ccccc21. The lowest BCUT2D eigenvalue weighted by Crippen LogP contribution is -2.30. The number of carbonyl (C=O) groups is 1. The molecule has 1 N–H and O–H groups in total. The van der Waals surface area contributed by atoms with Crippen LogP contribution in [0.25, 0.3) is 0 Å². The minimum absolute atomic E-state index is 0.0240. The van der Waals surface area contributed by atoms with Gasteiger partial charge < -0.3 is 5.32 Å². The molecule has 4 heteroatoms. The topological polar surface area (TPSA) is 29.1 Å². The van der Waals surface area contributed by atoms with Gasteiger partial charge in [0, 0.05) is 17.1 Å². The second kappa shape index (κ2) is 6.97. The normalized spacial score (nSPS) is 16.9. The number of nitrogens with one attached hydrogen (secondary N) is 1.